The first-order valence-corrected chi connectivity index (χ1v) is 19.7. The number of aliphatic hydroxyl groups is 2. The van der Waals surface area contributed by atoms with E-state index in [0.29, 0.717) is 0 Å². The fourth-order valence-electron chi connectivity index (χ4n) is 6.80. The molecule has 0 saturated heterocycles. The summed E-state index contributed by atoms with van der Waals surface area (Å²) in [6.07, 6.45) is 15.8. The Morgan fingerprint density at radius 1 is 0.759 bits per heavy atom. The van der Waals surface area contributed by atoms with Gasteiger partial charge in [-0.2, -0.15) is 0 Å². The predicted octanol–water partition coefficient (Wildman–Crippen LogP) is 15.3. The summed E-state index contributed by atoms with van der Waals surface area (Å²) in [4.78, 5) is 2.37. The SMILES string of the molecule is C=Cc1c(/C=C\C)sc(/C(=C\C)c2ccc(-c3ccc4ccc5c(C(/C=C\C(=C)C(C)CO)=C/C(=C)O)ccc6ccc3c4c65)cc2)c1C=C.CC.CC. The summed E-state index contributed by atoms with van der Waals surface area (Å²) in [5, 5.41) is 26.9. The molecule has 1 heterocycles. The number of hydrogen-bond acceptors (Lipinski definition) is 3. The largest absolute Gasteiger partial charge is 0.509 e. The molecule has 276 valence electrons. The highest BCUT2D eigenvalue weighted by Gasteiger charge is 2.18. The van der Waals surface area contributed by atoms with Crippen molar-refractivity contribution in [3.63, 3.8) is 0 Å². The molecule has 0 aliphatic heterocycles. The van der Waals surface area contributed by atoms with Crippen LogP contribution in [-0.2, 0) is 0 Å². The lowest BCUT2D eigenvalue weighted by Gasteiger charge is -2.17. The van der Waals surface area contributed by atoms with Crippen molar-refractivity contribution >= 4 is 73.0 Å². The van der Waals surface area contributed by atoms with Gasteiger partial charge in [-0.1, -0.05) is 176 Å². The van der Waals surface area contributed by atoms with Crippen LogP contribution in [0.3, 0.4) is 0 Å². The summed E-state index contributed by atoms with van der Waals surface area (Å²) in [6, 6.07) is 26.3. The van der Waals surface area contributed by atoms with Crippen LogP contribution in [0.2, 0.25) is 0 Å². The van der Waals surface area contributed by atoms with Crippen molar-refractivity contribution in [1.29, 1.82) is 0 Å². The summed E-state index contributed by atoms with van der Waals surface area (Å²) < 4.78 is 0. The summed E-state index contributed by atoms with van der Waals surface area (Å²) in [7, 11) is 0. The fraction of sp³-hybridized carbons (Fsp3) is 0.176. The topological polar surface area (TPSA) is 40.5 Å². The van der Waals surface area contributed by atoms with Crippen LogP contribution in [0.25, 0.3) is 72.8 Å². The highest BCUT2D eigenvalue weighted by Crippen LogP contribution is 2.43. The maximum Gasteiger partial charge on any atom is 0.109 e. The molecular formula is C51H54O2S. The number of rotatable bonds is 12. The first-order chi connectivity index (χ1) is 26.2. The highest BCUT2D eigenvalue weighted by molar-refractivity contribution is 7.14. The molecule has 0 aliphatic rings. The lowest BCUT2D eigenvalue weighted by molar-refractivity contribution is 0.258. The smallest absolute Gasteiger partial charge is 0.109 e. The normalized spacial score (nSPS) is 12.5. The Balaban J connectivity index is 0.00000157. The van der Waals surface area contributed by atoms with Crippen molar-refractivity contribution in [2.24, 2.45) is 5.92 Å². The molecule has 1 atom stereocenters. The van der Waals surface area contributed by atoms with E-state index in [0.717, 1.165) is 49.7 Å². The van der Waals surface area contributed by atoms with Gasteiger partial charge in [0, 0.05) is 27.8 Å². The van der Waals surface area contributed by atoms with E-state index in [9.17, 15) is 10.2 Å². The van der Waals surface area contributed by atoms with Gasteiger partial charge in [0.15, 0.2) is 0 Å². The third-order valence-electron chi connectivity index (χ3n) is 9.46. The van der Waals surface area contributed by atoms with E-state index >= 15 is 0 Å². The molecule has 0 saturated carbocycles. The Morgan fingerprint density at radius 2 is 1.35 bits per heavy atom. The molecule has 6 aromatic rings. The van der Waals surface area contributed by atoms with Crippen LogP contribution in [0.5, 0.6) is 0 Å². The van der Waals surface area contributed by atoms with E-state index in [-0.39, 0.29) is 18.3 Å². The zero-order chi connectivity index (χ0) is 39.5. The van der Waals surface area contributed by atoms with Gasteiger partial charge in [0.1, 0.15) is 5.76 Å². The van der Waals surface area contributed by atoms with Crippen LogP contribution >= 0.6 is 11.3 Å². The van der Waals surface area contributed by atoms with Crippen LogP contribution < -0.4 is 0 Å². The van der Waals surface area contributed by atoms with Gasteiger partial charge in [-0.25, -0.2) is 0 Å². The number of thiophene rings is 1. The minimum absolute atomic E-state index is 0.0222. The van der Waals surface area contributed by atoms with Crippen molar-refractivity contribution in [1.82, 2.24) is 0 Å². The second-order valence-electron chi connectivity index (χ2n) is 12.5. The average Bonchev–Trinajstić information content (AvgIpc) is 3.56. The molecule has 0 aliphatic carbocycles. The lowest BCUT2D eigenvalue weighted by Crippen LogP contribution is -2.01. The van der Waals surface area contributed by atoms with Gasteiger partial charge < -0.3 is 10.2 Å². The minimum Gasteiger partial charge on any atom is -0.509 e. The molecule has 0 fully saturated rings. The van der Waals surface area contributed by atoms with Crippen molar-refractivity contribution in [3.8, 4) is 11.1 Å². The third-order valence-corrected chi connectivity index (χ3v) is 10.7. The molecule has 3 heteroatoms. The number of aliphatic hydroxyl groups excluding tert-OH is 2. The molecule has 2 N–H and O–H groups in total. The lowest BCUT2D eigenvalue weighted by atomic mass is 9.86. The molecule has 1 aromatic heterocycles. The number of hydrogen-bond donors (Lipinski definition) is 2. The second kappa shape index (κ2) is 19.0. The minimum atomic E-state index is -0.0650. The van der Waals surface area contributed by atoms with E-state index in [2.05, 4.69) is 124 Å². The molecule has 6 rings (SSSR count). The number of benzene rings is 5. The standard InChI is InChI=1S/C47H42O2S.2C2H6/c1-8-12-44-38(10-3)39(11-4)47(50-44)37(9-2)32-15-17-33(18-16-32)40-23-19-34-22-26-43-41(24-20-35-21-25-42(40)45(34)46(35)43)36(27-31(7)49)14-13-29(5)30(6)28-48;2*1-2/h8-27,30,48-49H,3-5,7,28H2,1-2,6H3;2*1-2H3/b12-8-,14-13-,36-27+,37-9-;;. The highest BCUT2D eigenvalue weighted by atomic mass is 32.1. The Hall–Kier alpha value is -5.48. The maximum absolute atomic E-state index is 10.2. The van der Waals surface area contributed by atoms with Crippen LogP contribution in [-0.4, -0.2) is 16.8 Å². The van der Waals surface area contributed by atoms with Gasteiger partial charge in [0.2, 0.25) is 0 Å². The molecule has 0 spiro atoms. The Morgan fingerprint density at radius 3 is 1.93 bits per heavy atom. The third kappa shape index (κ3) is 8.19. The van der Waals surface area contributed by atoms with Gasteiger partial charge in [-0.05, 0) is 97.3 Å². The zero-order valence-electron chi connectivity index (χ0n) is 33.0. The first kappa shape index (κ1) is 41.3. The average molecular weight is 731 g/mol. The summed E-state index contributed by atoms with van der Waals surface area (Å²) in [5.41, 5.74) is 9.50. The van der Waals surface area contributed by atoms with Crippen molar-refractivity contribution in [3.05, 3.63) is 173 Å². The van der Waals surface area contributed by atoms with Gasteiger partial charge >= 0.3 is 0 Å². The molecule has 1 unspecified atom stereocenters. The Kier molecular flexibility index (Phi) is 14.5. The van der Waals surface area contributed by atoms with E-state index in [1.807, 2.05) is 65.8 Å². The van der Waals surface area contributed by atoms with E-state index in [1.54, 1.807) is 17.4 Å². The van der Waals surface area contributed by atoms with Crippen LogP contribution in [0.15, 0.2) is 141 Å². The summed E-state index contributed by atoms with van der Waals surface area (Å²) >= 11 is 1.77. The Bertz CT molecular complexity index is 2410. The maximum atomic E-state index is 10.2. The molecular weight excluding hydrogens is 677 g/mol. The molecule has 0 bridgehead atoms. The quantitative estimate of drug-likeness (QED) is 0.0748. The predicted molar refractivity (Wildman–Crippen MR) is 245 cm³/mol. The zero-order valence-corrected chi connectivity index (χ0v) is 33.8. The molecule has 0 amide bonds. The van der Waals surface area contributed by atoms with E-state index in [1.165, 1.54) is 42.4 Å². The van der Waals surface area contributed by atoms with Crippen molar-refractivity contribution in [2.45, 2.75) is 48.5 Å². The Labute approximate surface area is 326 Å². The summed E-state index contributed by atoms with van der Waals surface area (Å²) in [6.45, 7) is 30.2. The van der Waals surface area contributed by atoms with Crippen LogP contribution in [0.4, 0.5) is 0 Å². The van der Waals surface area contributed by atoms with Gasteiger partial charge in [0.05, 0.1) is 0 Å². The fourth-order valence-corrected chi connectivity index (χ4v) is 8.18. The molecule has 5 aromatic carbocycles. The molecule has 54 heavy (non-hydrogen) atoms. The van der Waals surface area contributed by atoms with Gasteiger partial charge in [0.25, 0.3) is 0 Å². The van der Waals surface area contributed by atoms with Crippen molar-refractivity contribution in [2.75, 3.05) is 6.61 Å². The molecule has 2 nitrogen and oxygen atoms in total. The van der Waals surface area contributed by atoms with Crippen LogP contribution in [0.1, 0.15) is 80.5 Å². The first-order valence-electron chi connectivity index (χ1n) is 18.8. The van der Waals surface area contributed by atoms with Crippen LogP contribution in [0, 0.1) is 5.92 Å². The molecule has 0 radical (unpaired) electrons. The van der Waals surface area contributed by atoms with Gasteiger partial charge in [-0.15, -0.1) is 11.3 Å². The van der Waals surface area contributed by atoms with E-state index in [4.69, 9.17) is 0 Å². The second-order valence-corrected chi connectivity index (χ2v) is 13.6. The van der Waals surface area contributed by atoms with Crippen molar-refractivity contribution < 1.29 is 10.2 Å². The van der Waals surface area contributed by atoms with E-state index < -0.39 is 0 Å². The monoisotopic (exact) mass is 730 g/mol. The van der Waals surface area contributed by atoms with Gasteiger partial charge in [-0.3, -0.25) is 0 Å². The summed E-state index contributed by atoms with van der Waals surface area (Å²) in [5.74, 6) is -0.0908. The number of allylic oxidation sites excluding steroid dienone is 6.